The van der Waals surface area contributed by atoms with E-state index in [-0.39, 0.29) is 5.41 Å². The Labute approximate surface area is 178 Å². The second-order valence-corrected chi connectivity index (χ2v) is 8.87. The SMILES string of the molecule is C=CCOCC1(CCCCc2ccc([C@H]3CC[C@H](C=C)CC3)cc2)C=CCC=C1. The van der Waals surface area contributed by atoms with Crippen LogP contribution < -0.4 is 0 Å². The van der Waals surface area contributed by atoms with Crippen molar-refractivity contribution in [2.75, 3.05) is 13.2 Å². The van der Waals surface area contributed by atoms with Gasteiger partial charge in [-0.2, -0.15) is 0 Å². The van der Waals surface area contributed by atoms with Crippen molar-refractivity contribution >= 4 is 0 Å². The highest BCUT2D eigenvalue weighted by Crippen LogP contribution is 2.36. The molecule has 0 aromatic heterocycles. The van der Waals surface area contributed by atoms with E-state index in [0.29, 0.717) is 6.61 Å². The molecule has 0 heterocycles. The number of rotatable bonds is 11. The van der Waals surface area contributed by atoms with E-state index in [2.05, 4.69) is 67.8 Å². The lowest BCUT2D eigenvalue weighted by molar-refractivity contribution is 0.103. The number of aryl methyl sites for hydroxylation is 1. The van der Waals surface area contributed by atoms with Gasteiger partial charge in [0.05, 0.1) is 13.2 Å². The molecule has 1 aromatic rings. The van der Waals surface area contributed by atoms with Crippen LogP contribution in [0.5, 0.6) is 0 Å². The van der Waals surface area contributed by atoms with Gasteiger partial charge in [-0.15, -0.1) is 13.2 Å². The third kappa shape index (κ3) is 6.57. The van der Waals surface area contributed by atoms with E-state index in [0.717, 1.165) is 31.3 Å². The molecule has 0 atom stereocenters. The summed E-state index contributed by atoms with van der Waals surface area (Å²) in [6.45, 7) is 9.11. The molecule has 29 heavy (non-hydrogen) atoms. The minimum atomic E-state index is 0.0788. The van der Waals surface area contributed by atoms with Gasteiger partial charge in [-0.3, -0.25) is 0 Å². The monoisotopic (exact) mass is 390 g/mol. The first-order chi connectivity index (χ1) is 14.2. The summed E-state index contributed by atoms with van der Waals surface area (Å²) in [7, 11) is 0. The Morgan fingerprint density at radius 1 is 0.966 bits per heavy atom. The van der Waals surface area contributed by atoms with E-state index < -0.39 is 0 Å². The first-order valence-corrected chi connectivity index (χ1v) is 11.5. The molecule has 0 bridgehead atoms. The second kappa shape index (κ2) is 11.4. The van der Waals surface area contributed by atoms with Crippen LogP contribution in [0.25, 0.3) is 0 Å². The Morgan fingerprint density at radius 2 is 1.69 bits per heavy atom. The highest BCUT2D eigenvalue weighted by Gasteiger charge is 2.25. The minimum Gasteiger partial charge on any atom is -0.376 e. The molecule has 0 saturated heterocycles. The fraction of sp³-hybridized carbons (Fsp3) is 0.500. The molecule has 0 unspecified atom stereocenters. The average Bonchev–Trinajstić information content (AvgIpc) is 2.78. The zero-order valence-electron chi connectivity index (χ0n) is 18.0. The molecular weight excluding hydrogens is 352 g/mol. The fourth-order valence-electron chi connectivity index (χ4n) is 4.83. The Balaban J connectivity index is 1.43. The van der Waals surface area contributed by atoms with Crippen LogP contribution in [0.1, 0.15) is 68.4 Å². The molecule has 1 aromatic carbocycles. The zero-order chi connectivity index (χ0) is 20.4. The van der Waals surface area contributed by atoms with Crippen LogP contribution in [0.15, 0.2) is 73.9 Å². The third-order valence-corrected chi connectivity index (χ3v) is 6.69. The van der Waals surface area contributed by atoms with Gasteiger partial charge < -0.3 is 4.74 Å². The number of allylic oxidation sites excluding steroid dienone is 3. The molecule has 0 N–H and O–H groups in total. The summed E-state index contributed by atoms with van der Waals surface area (Å²) in [6, 6.07) is 9.48. The van der Waals surface area contributed by atoms with Gasteiger partial charge in [0.15, 0.2) is 0 Å². The van der Waals surface area contributed by atoms with Crippen molar-refractivity contribution < 1.29 is 4.74 Å². The van der Waals surface area contributed by atoms with Crippen molar-refractivity contribution in [2.24, 2.45) is 11.3 Å². The lowest BCUT2D eigenvalue weighted by atomic mass is 9.78. The maximum absolute atomic E-state index is 5.80. The van der Waals surface area contributed by atoms with Gasteiger partial charge in [0.25, 0.3) is 0 Å². The Bertz CT molecular complexity index is 674. The van der Waals surface area contributed by atoms with Crippen LogP contribution in [-0.4, -0.2) is 13.2 Å². The highest BCUT2D eigenvalue weighted by molar-refractivity contribution is 5.26. The zero-order valence-corrected chi connectivity index (χ0v) is 18.0. The summed E-state index contributed by atoms with van der Waals surface area (Å²) in [5, 5.41) is 0. The molecule has 0 radical (unpaired) electrons. The first kappa shape index (κ1) is 21.8. The minimum absolute atomic E-state index is 0.0788. The Morgan fingerprint density at radius 3 is 2.34 bits per heavy atom. The summed E-state index contributed by atoms with van der Waals surface area (Å²) in [4.78, 5) is 0. The van der Waals surface area contributed by atoms with E-state index in [1.54, 1.807) is 0 Å². The van der Waals surface area contributed by atoms with E-state index in [1.807, 2.05) is 6.08 Å². The van der Waals surface area contributed by atoms with Crippen LogP contribution in [0, 0.1) is 11.3 Å². The summed E-state index contributed by atoms with van der Waals surface area (Å²) >= 11 is 0. The number of benzene rings is 1. The largest absolute Gasteiger partial charge is 0.376 e. The molecule has 156 valence electrons. The highest BCUT2D eigenvalue weighted by atomic mass is 16.5. The van der Waals surface area contributed by atoms with Gasteiger partial charge in [-0.1, -0.05) is 67.1 Å². The van der Waals surface area contributed by atoms with Crippen LogP contribution >= 0.6 is 0 Å². The standard InChI is InChI=1S/C28H38O/c1-3-22-29-23-28(19-7-5-8-20-28)21-9-6-10-25-13-17-27(18-14-25)26-15-11-24(4-2)12-16-26/h3-4,7-8,13-14,17-20,24,26H,1-2,5-6,9-12,15-16,21-23H2/t24-,26-. The van der Waals surface area contributed by atoms with Crippen molar-refractivity contribution in [3.8, 4) is 0 Å². The van der Waals surface area contributed by atoms with Gasteiger partial charge in [0.1, 0.15) is 0 Å². The summed E-state index contributed by atoms with van der Waals surface area (Å²) in [5.41, 5.74) is 3.09. The topological polar surface area (TPSA) is 9.23 Å². The molecule has 1 fully saturated rings. The predicted octanol–water partition coefficient (Wildman–Crippen LogP) is 7.56. The molecule has 0 spiro atoms. The third-order valence-electron chi connectivity index (χ3n) is 6.69. The van der Waals surface area contributed by atoms with E-state index >= 15 is 0 Å². The van der Waals surface area contributed by atoms with Crippen molar-refractivity contribution in [1.82, 2.24) is 0 Å². The maximum atomic E-state index is 5.80. The van der Waals surface area contributed by atoms with Crippen LogP contribution in [0.4, 0.5) is 0 Å². The van der Waals surface area contributed by atoms with Gasteiger partial charge in [0.2, 0.25) is 0 Å². The number of ether oxygens (including phenoxy) is 1. The fourth-order valence-corrected chi connectivity index (χ4v) is 4.83. The molecule has 1 heteroatoms. The van der Waals surface area contributed by atoms with E-state index in [4.69, 9.17) is 4.74 Å². The van der Waals surface area contributed by atoms with Gasteiger partial charge in [-0.05, 0) is 74.3 Å². The summed E-state index contributed by atoms with van der Waals surface area (Å²) in [6.07, 6.45) is 24.3. The Kier molecular flexibility index (Phi) is 8.55. The quantitative estimate of drug-likeness (QED) is 0.280. The van der Waals surface area contributed by atoms with E-state index in [9.17, 15) is 0 Å². The lowest BCUT2D eigenvalue weighted by Gasteiger charge is -2.29. The molecule has 0 aliphatic heterocycles. The number of hydrogen-bond acceptors (Lipinski definition) is 1. The molecule has 2 aliphatic rings. The van der Waals surface area contributed by atoms with Gasteiger partial charge >= 0.3 is 0 Å². The van der Waals surface area contributed by atoms with Crippen molar-refractivity contribution in [3.05, 3.63) is 85.0 Å². The molecule has 1 nitrogen and oxygen atoms in total. The lowest BCUT2D eigenvalue weighted by Crippen LogP contribution is -2.24. The Hall–Kier alpha value is -1.86. The number of unbranched alkanes of at least 4 members (excludes halogenated alkanes) is 1. The molecule has 3 rings (SSSR count). The van der Waals surface area contributed by atoms with Crippen molar-refractivity contribution in [1.29, 1.82) is 0 Å². The maximum Gasteiger partial charge on any atom is 0.0645 e. The average molecular weight is 391 g/mol. The number of hydrogen-bond donors (Lipinski definition) is 0. The van der Waals surface area contributed by atoms with Gasteiger partial charge in [0, 0.05) is 5.41 Å². The molecule has 2 aliphatic carbocycles. The smallest absolute Gasteiger partial charge is 0.0645 e. The van der Waals surface area contributed by atoms with Gasteiger partial charge in [-0.25, -0.2) is 0 Å². The second-order valence-electron chi connectivity index (χ2n) is 8.87. The van der Waals surface area contributed by atoms with Crippen molar-refractivity contribution in [3.63, 3.8) is 0 Å². The molecular formula is C28H38O. The predicted molar refractivity (Wildman–Crippen MR) is 125 cm³/mol. The van der Waals surface area contributed by atoms with Crippen LogP contribution in [0.2, 0.25) is 0 Å². The molecule has 0 amide bonds. The summed E-state index contributed by atoms with van der Waals surface area (Å²) < 4.78 is 5.80. The normalized spacial score (nSPS) is 23.0. The van der Waals surface area contributed by atoms with Crippen LogP contribution in [-0.2, 0) is 11.2 Å². The summed E-state index contributed by atoms with van der Waals surface area (Å²) in [5.74, 6) is 1.49. The molecule has 1 saturated carbocycles. The van der Waals surface area contributed by atoms with Crippen LogP contribution in [0.3, 0.4) is 0 Å². The first-order valence-electron chi connectivity index (χ1n) is 11.5. The van der Waals surface area contributed by atoms with E-state index in [1.165, 1.54) is 56.1 Å². The van der Waals surface area contributed by atoms with Crippen molar-refractivity contribution in [2.45, 2.75) is 63.7 Å².